The Morgan fingerprint density at radius 2 is 2.00 bits per heavy atom. The van der Waals surface area contributed by atoms with Crippen LogP contribution in [0.15, 0.2) is 34.2 Å². The summed E-state index contributed by atoms with van der Waals surface area (Å²) in [5.74, 6) is 1.67. The number of nitrogens with one attached hydrogen (secondary N) is 1. The third-order valence-corrected chi connectivity index (χ3v) is 5.15. The molecule has 1 N–H and O–H groups in total. The van der Waals surface area contributed by atoms with Crippen molar-refractivity contribution in [1.29, 1.82) is 0 Å². The van der Waals surface area contributed by atoms with Crippen molar-refractivity contribution in [3.05, 3.63) is 24.3 Å². The maximum atomic E-state index is 11.4. The number of rotatable bonds is 4. The summed E-state index contributed by atoms with van der Waals surface area (Å²) in [6.07, 6.45) is 2.31. The number of amidine groups is 1. The van der Waals surface area contributed by atoms with Gasteiger partial charge in [-0.05, 0) is 36.6 Å². The summed E-state index contributed by atoms with van der Waals surface area (Å²) in [5, 5.41) is 4.16. The molecule has 1 heterocycles. The number of sulfone groups is 1. The predicted octanol–water partition coefficient (Wildman–Crippen LogP) is 3.02. The lowest BCUT2D eigenvalue weighted by atomic mass is 10.1. The van der Waals surface area contributed by atoms with Crippen molar-refractivity contribution < 1.29 is 8.42 Å². The van der Waals surface area contributed by atoms with E-state index in [-0.39, 0.29) is 0 Å². The third kappa shape index (κ3) is 4.24. The average Bonchev–Trinajstić information content (AvgIpc) is 2.75. The second kappa shape index (κ2) is 6.18. The standard InChI is InChI=1S/C14H20N2O2S2/c1-10(2)8-12-9-19-14(16-12)15-11-4-6-13(7-5-11)20(3,17)18/h4-7,10,12H,8-9H2,1-3H3,(H,15,16). The van der Waals surface area contributed by atoms with Gasteiger partial charge in [0.15, 0.2) is 15.0 Å². The molecule has 20 heavy (non-hydrogen) atoms. The van der Waals surface area contributed by atoms with E-state index < -0.39 is 9.84 Å². The van der Waals surface area contributed by atoms with E-state index >= 15 is 0 Å². The molecule has 0 radical (unpaired) electrons. The zero-order valence-electron chi connectivity index (χ0n) is 12.0. The van der Waals surface area contributed by atoms with Gasteiger partial charge in [0.25, 0.3) is 0 Å². The first-order valence-corrected chi connectivity index (χ1v) is 9.50. The minimum Gasteiger partial charge on any atom is -0.335 e. The van der Waals surface area contributed by atoms with Crippen LogP contribution in [-0.4, -0.2) is 31.6 Å². The molecule has 2 rings (SSSR count). The van der Waals surface area contributed by atoms with Crippen LogP contribution in [0.5, 0.6) is 0 Å². The van der Waals surface area contributed by atoms with Gasteiger partial charge in [-0.15, -0.1) is 0 Å². The molecule has 4 nitrogen and oxygen atoms in total. The molecule has 1 aromatic rings. The van der Waals surface area contributed by atoms with Crippen LogP contribution < -0.4 is 5.32 Å². The number of thioether (sulfide) groups is 1. The van der Waals surface area contributed by atoms with Crippen molar-refractivity contribution in [3.63, 3.8) is 0 Å². The van der Waals surface area contributed by atoms with Crippen LogP contribution in [-0.2, 0) is 9.84 Å². The molecule has 110 valence electrons. The van der Waals surface area contributed by atoms with Crippen molar-refractivity contribution >= 4 is 32.5 Å². The summed E-state index contributed by atoms with van der Waals surface area (Å²) in [4.78, 5) is 4.98. The molecule has 0 fully saturated rings. The van der Waals surface area contributed by atoms with E-state index in [4.69, 9.17) is 0 Å². The first-order valence-electron chi connectivity index (χ1n) is 6.62. The van der Waals surface area contributed by atoms with E-state index in [0.717, 1.165) is 23.0 Å². The highest BCUT2D eigenvalue weighted by molar-refractivity contribution is 8.14. The maximum absolute atomic E-state index is 11.4. The molecular weight excluding hydrogens is 292 g/mol. The van der Waals surface area contributed by atoms with Crippen molar-refractivity contribution in [2.45, 2.75) is 31.2 Å². The Morgan fingerprint density at radius 3 is 2.55 bits per heavy atom. The molecule has 0 aromatic heterocycles. The molecule has 0 saturated heterocycles. The first-order chi connectivity index (χ1) is 9.34. The van der Waals surface area contributed by atoms with E-state index in [1.807, 2.05) is 0 Å². The topological polar surface area (TPSA) is 58.5 Å². The summed E-state index contributed by atoms with van der Waals surface area (Å²) in [6.45, 7) is 4.41. The van der Waals surface area contributed by atoms with Crippen LogP contribution in [0.25, 0.3) is 0 Å². The second-order valence-electron chi connectivity index (χ2n) is 5.45. The van der Waals surface area contributed by atoms with E-state index in [0.29, 0.717) is 16.9 Å². The number of hydrogen-bond donors (Lipinski definition) is 1. The fourth-order valence-electron chi connectivity index (χ4n) is 2.06. The Morgan fingerprint density at radius 1 is 1.35 bits per heavy atom. The fourth-order valence-corrected chi connectivity index (χ4v) is 3.66. The Balaban J connectivity index is 2.01. The Labute approximate surface area is 125 Å². The summed E-state index contributed by atoms with van der Waals surface area (Å²) < 4.78 is 22.8. The van der Waals surface area contributed by atoms with Crippen LogP contribution >= 0.6 is 11.8 Å². The van der Waals surface area contributed by atoms with Gasteiger partial charge in [-0.2, -0.15) is 0 Å². The largest absolute Gasteiger partial charge is 0.335 e. The van der Waals surface area contributed by atoms with Crippen molar-refractivity contribution in [3.8, 4) is 0 Å². The third-order valence-electron chi connectivity index (χ3n) is 2.99. The zero-order valence-corrected chi connectivity index (χ0v) is 13.6. The van der Waals surface area contributed by atoms with E-state index in [1.54, 1.807) is 36.0 Å². The monoisotopic (exact) mass is 312 g/mol. The van der Waals surface area contributed by atoms with Gasteiger partial charge >= 0.3 is 0 Å². The number of aliphatic imine (C=N–C) groups is 1. The van der Waals surface area contributed by atoms with Crippen LogP contribution in [0.1, 0.15) is 20.3 Å². The lowest BCUT2D eigenvalue weighted by molar-refractivity contribution is 0.529. The molecule has 6 heteroatoms. The summed E-state index contributed by atoms with van der Waals surface area (Å²) in [7, 11) is -3.13. The number of hydrogen-bond acceptors (Lipinski definition) is 5. The maximum Gasteiger partial charge on any atom is 0.175 e. The molecule has 1 atom stereocenters. The number of anilines is 1. The van der Waals surface area contributed by atoms with Gasteiger partial charge in [0.1, 0.15) is 0 Å². The van der Waals surface area contributed by atoms with Gasteiger partial charge < -0.3 is 5.32 Å². The Hall–Kier alpha value is -1.01. The van der Waals surface area contributed by atoms with Gasteiger partial charge in [-0.25, -0.2) is 8.42 Å². The summed E-state index contributed by atoms with van der Waals surface area (Å²) in [6, 6.07) is 7.16. The summed E-state index contributed by atoms with van der Waals surface area (Å²) >= 11 is 1.72. The minimum atomic E-state index is -3.13. The lowest BCUT2D eigenvalue weighted by Gasteiger charge is -2.07. The Bertz CT molecular complexity index is 592. The quantitative estimate of drug-likeness (QED) is 0.928. The van der Waals surface area contributed by atoms with E-state index in [2.05, 4.69) is 24.2 Å². The highest BCUT2D eigenvalue weighted by Crippen LogP contribution is 2.24. The Kier molecular flexibility index (Phi) is 4.75. The van der Waals surface area contributed by atoms with Crippen LogP contribution in [0, 0.1) is 5.92 Å². The van der Waals surface area contributed by atoms with Crippen molar-refractivity contribution in [2.24, 2.45) is 10.9 Å². The van der Waals surface area contributed by atoms with E-state index in [1.165, 1.54) is 6.26 Å². The fraction of sp³-hybridized carbons (Fsp3) is 0.500. The minimum absolute atomic E-state index is 0.335. The SMILES string of the molecule is CC(C)CC1CSC(Nc2ccc(S(C)(=O)=O)cc2)=N1. The normalized spacial score (nSPS) is 19.2. The van der Waals surface area contributed by atoms with Crippen LogP contribution in [0.2, 0.25) is 0 Å². The lowest BCUT2D eigenvalue weighted by Crippen LogP contribution is -2.08. The van der Waals surface area contributed by atoms with Crippen molar-refractivity contribution in [2.75, 3.05) is 17.3 Å². The number of benzene rings is 1. The van der Waals surface area contributed by atoms with Gasteiger partial charge in [0.05, 0.1) is 10.9 Å². The van der Waals surface area contributed by atoms with Gasteiger partial charge in [-0.3, -0.25) is 4.99 Å². The smallest absolute Gasteiger partial charge is 0.175 e. The molecule has 1 aliphatic heterocycles. The molecule has 1 aromatic carbocycles. The van der Waals surface area contributed by atoms with Gasteiger partial charge in [0, 0.05) is 17.7 Å². The predicted molar refractivity (Wildman–Crippen MR) is 86.3 cm³/mol. The molecule has 0 amide bonds. The van der Waals surface area contributed by atoms with Crippen LogP contribution in [0.4, 0.5) is 5.69 Å². The molecule has 0 bridgehead atoms. The van der Waals surface area contributed by atoms with Gasteiger partial charge in [-0.1, -0.05) is 25.6 Å². The summed E-state index contributed by atoms with van der Waals surface area (Å²) in [5.41, 5.74) is 0.869. The molecule has 1 aliphatic rings. The molecule has 0 saturated carbocycles. The highest BCUT2D eigenvalue weighted by atomic mass is 32.2. The average molecular weight is 312 g/mol. The first kappa shape index (κ1) is 15.4. The number of nitrogens with zero attached hydrogens (tertiary/aromatic N) is 1. The molecule has 0 aliphatic carbocycles. The van der Waals surface area contributed by atoms with E-state index in [9.17, 15) is 8.42 Å². The van der Waals surface area contributed by atoms with Gasteiger partial charge in [0.2, 0.25) is 0 Å². The van der Waals surface area contributed by atoms with Crippen molar-refractivity contribution in [1.82, 2.24) is 0 Å². The second-order valence-corrected chi connectivity index (χ2v) is 8.47. The molecule has 1 unspecified atom stereocenters. The molecule has 0 spiro atoms. The highest BCUT2D eigenvalue weighted by Gasteiger charge is 2.19. The van der Waals surface area contributed by atoms with Crippen LogP contribution in [0.3, 0.4) is 0 Å². The molecular formula is C14H20N2O2S2. The zero-order chi connectivity index (χ0) is 14.8.